The van der Waals surface area contributed by atoms with Crippen molar-refractivity contribution in [2.45, 2.75) is 20.0 Å². The van der Waals surface area contributed by atoms with E-state index >= 15 is 0 Å². The lowest BCUT2D eigenvalue weighted by molar-refractivity contribution is 0.0951. The quantitative estimate of drug-likeness (QED) is 0.470. The first-order valence-electron chi connectivity index (χ1n) is 10.4. The number of nitrogens with one attached hydrogen (secondary N) is 2. The highest BCUT2D eigenvalue weighted by Crippen LogP contribution is 2.27. The monoisotopic (exact) mass is 428 g/mol. The van der Waals surface area contributed by atoms with Crippen molar-refractivity contribution in [1.29, 1.82) is 5.41 Å². The van der Waals surface area contributed by atoms with Gasteiger partial charge >= 0.3 is 0 Å². The third kappa shape index (κ3) is 4.70. The topological polar surface area (TPSA) is 62.8 Å². The predicted molar refractivity (Wildman–Crippen MR) is 123 cm³/mol. The van der Waals surface area contributed by atoms with Gasteiger partial charge in [-0.3, -0.25) is 10.2 Å². The van der Waals surface area contributed by atoms with Gasteiger partial charge in [-0.25, -0.2) is 4.39 Å². The Bertz CT molecular complexity index is 1320. The molecule has 4 aromatic rings. The van der Waals surface area contributed by atoms with Gasteiger partial charge in [0.1, 0.15) is 5.82 Å². The van der Waals surface area contributed by atoms with Crippen molar-refractivity contribution in [3.8, 4) is 11.1 Å². The smallest absolute Gasteiger partial charge is 0.251 e. The van der Waals surface area contributed by atoms with Crippen LogP contribution >= 0.6 is 0 Å². The summed E-state index contributed by atoms with van der Waals surface area (Å²) in [6.45, 7) is 2.74. The van der Waals surface area contributed by atoms with E-state index in [0.29, 0.717) is 24.3 Å². The van der Waals surface area contributed by atoms with Gasteiger partial charge in [-0.15, -0.1) is 0 Å². The van der Waals surface area contributed by atoms with Gasteiger partial charge in [0.25, 0.3) is 5.91 Å². The Morgan fingerprint density at radius 1 is 1.00 bits per heavy atom. The summed E-state index contributed by atoms with van der Waals surface area (Å²) in [5.41, 5.74) is 5.31. The highest BCUT2D eigenvalue weighted by atomic mass is 19.1. The number of carbonyl (C=O) groups excluding carboxylic acids is 1. The number of aromatic nitrogens is 2. The largest absolute Gasteiger partial charge is 0.348 e. The highest BCUT2D eigenvalue weighted by molar-refractivity contribution is 5.95. The van der Waals surface area contributed by atoms with Gasteiger partial charge in [0.15, 0.2) is 0 Å². The number of amides is 1. The summed E-state index contributed by atoms with van der Waals surface area (Å²) >= 11 is 0. The molecular formula is C26H25FN4O. The second-order valence-corrected chi connectivity index (χ2v) is 7.91. The zero-order chi connectivity index (χ0) is 22.7. The summed E-state index contributed by atoms with van der Waals surface area (Å²) in [5, 5.41) is 11.2. The number of carbonyl (C=O) groups is 1. The molecule has 0 radical (unpaired) electrons. The first-order chi connectivity index (χ1) is 15.4. The maximum Gasteiger partial charge on any atom is 0.251 e. The van der Waals surface area contributed by atoms with Crippen LogP contribution in [0.15, 0.2) is 79.1 Å². The lowest BCUT2D eigenvalue weighted by Crippen LogP contribution is -2.24. The summed E-state index contributed by atoms with van der Waals surface area (Å²) < 4.78 is 17.2. The van der Waals surface area contributed by atoms with Crippen LogP contribution in [0.3, 0.4) is 0 Å². The standard InChI is InChI=1S/C26H25FN4O/c1-18-12-23(27)8-9-24(18)21-13-20(17-31-11-10-30(2)26(31)28)14-22(15-21)25(32)29-16-19-6-4-3-5-7-19/h3-15,28H,16-17H2,1-2H3,(H,29,32). The molecule has 0 aliphatic carbocycles. The zero-order valence-corrected chi connectivity index (χ0v) is 18.1. The van der Waals surface area contributed by atoms with E-state index < -0.39 is 0 Å². The SMILES string of the molecule is Cc1cc(F)ccc1-c1cc(Cn2ccn(C)c2=N)cc(C(=O)NCc2ccccc2)c1. The van der Waals surface area contributed by atoms with Crippen molar-refractivity contribution in [2.75, 3.05) is 0 Å². The van der Waals surface area contributed by atoms with Gasteiger partial charge in [-0.1, -0.05) is 36.4 Å². The molecule has 1 amide bonds. The van der Waals surface area contributed by atoms with Crippen LogP contribution in [0.4, 0.5) is 4.39 Å². The second-order valence-electron chi connectivity index (χ2n) is 7.91. The number of hydrogen-bond acceptors (Lipinski definition) is 2. The third-order valence-corrected chi connectivity index (χ3v) is 5.48. The molecule has 0 bridgehead atoms. The van der Waals surface area contributed by atoms with Crippen molar-refractivity contribution in [3.63, 3.8) is 0 Å². The Hall–Kier alpha value is -3.93. The molecule has 0 saturated heterocycles. The van der Waals surface area contributed by atoms with Crippen LogP contribution in [0, 0.1) is 18.2 Å². The summed E-state index contributed by atoms with van der Waals surface area (Å²) in [7, 11) is 1.82. The van der Waals surface area contributed by atoms with Crippen LogP contribution in [0.5, 0.6) is 0 Å². The molecule has 0 aliphatic heterocycles. The van der Waals surface area contributed by atoms with Crippen molar-refractivity contribution in [2.24, 2.45) is 7.05 Å². The van der Waals surface area contributed by atoms with E-state index in [1.165, 1.54) is 12.1 Å². The van der Waals surface area contributed by atoms with E-state index in [2.05, 4.69) is 5.32 Å². The molecule has 6 heteroatoms. The van der Waals surface area contributed by atoms with Gasteiger partial charge < -0.3 is 14.5 Å². The fourth-order valence-electron chi connectivity index (χ4n) is 3.75. The molecular weight excluding hydrogens is 403 g/mol. The fourth-order valence-corrected chi connectivity index (χ4v) is 3.75. The molecule has 1 heterocycles. The second kappa shape index (κ2) is 9.06. The first kappa shape index (κ1) is 21.3. The van der Waals surface area contributed by atoms with E-state index in [0.717, 1.165) is 27.8 Å². The fraction of sp³-hybridized carbons (Fsp3) is 0.154. The molecule has 162 valence electrons. The average molecular weight is 429 g/mol. The number of hydrogen-bond donors (Lipinski definition) is 2. The van der Waals surface area contributed by atoms with Crippen molar-refractivity contribution >= 4 is 5.91 Å². The molecule has 5 nitrogen and oxygen atoms in total. The molecule has 0 spiro atoms. The van der Waals surface area contributed by atoms with Crippen LogP contribution in [-0.2, 0) is 20.1 Å². The van der Waals surface area contributed by atoms with Gasteiger partial charge in [0.2, 0.25) is 5.62 Å². The third-order valence-electron chi connectivity index (χ3n) is 5.48. The Morgan fingerprint density at radius 3 is 2.47 bits per heavy atom. The molecule has 0 aliphatic rings. The Kier molecular flexibility index (Phi) is 6.03. The maximum atomic E-state index is 13.7. The van der Waals surface area contributed by atoms with Crippen molar-refractivity contribution < 1.29 is 9.18 Å². The number of nitrogens with zero attached hydrogens (tertiary/aromatic N) is 2. The molecule has 0 fully saturated rings. The van der Waals surface area contributed by atoms with Crippen LogP contribution in [0.25, 0.3) is 11.1 Å². The van der Waals surface area contributed by atoms with Gasteiger partial charge in [-0.2, -0.15) is 0 Å². The van der Waals surface area contributed by atoms with Gasteiger partial charge in [0, 0.05) is 31.5 Å². The summed E-state index contributed by atoms with van der Waals surface area (Å²) in [6.07, 6.45) is 3.66. The molecule has 1 aromatic heterocycles. The average Bonchev–Trinajstić information content (AvgIpc) is 3.10. The predicted octanol–water partition coefficient (Wildman–Crippen LogP) is 4.40. The minimum atomic E-state index is -0.290. The molecule has 0 unspecified atom stereocenters. The van der Waals surface area contributed by atoms with Gasteiger partial charge in [-0.05, 0) is 65.1 Å². The lowest BCUT2D eigenvalue weighted by Gasteiger charge is -2.13. The van der Waals surface area contributed by atoms with E-state index in [9.17, 15) is 9.18 Å². The lowest BCUT2D eigenvalue weighted by atomic mass is 9.96. The molecule has 2 N–H and O–H groups in total. The van der Waals surface area contributed by atoms with Crippen LogP contribution in [0.2, 0.25) is 0 Å². The van der Waals surface area contributed by atoms with E-state index in [1.54, 1.807) is 10.6 Å². The van der Waals surface area contributed by atoms with E-state index in [4.69, 9.17) is 5.41 Å². The molecule has 0 saturated carbocycles. The number of imidazole rings is 1. The molecule has 4 rings (SSSR count). The number of halogens is 1. The molecule has 0 atom stereocenters. The van der Waals surface area contributed by atoms with Crippen LogP contribution in [-0.4, -0.2) is 15.0 Å². The number of benzene rings is 3. The maximum absolute atomic E-state index is 13.7. The number of aryl methyl sites for hydroxylation is 2. The molecule has 3 aromatic carbocycles. The summed E-state index contributed by atoms with van der Waals surface area (Å²) in [5.74, 6) is -0.470. The van der Waals surface area contributed by atoms with Crippen molar-refractivity contribution in [3.05, 3.63) is 113 Å². The Morgan fingerprint density at radius 2 is 1.78 bits per heavy atom. The van der Waals surface area contributed by atoms with Gasteiger partial charge in [0.05, 0.1) is 6.54 Å². The molecule has 32 heavy (non-hydrogen) atoms. The highest BCUT2D eigenvalue weighted by Gasteiger charge is 2.13. The van der Waals surface area contributed by atoms with Crippen LogP contribution < -0.4 is 10.9 Å². The van der Waals surface area contributed by atoms with Crippen molar-refractivity contribution in [1.82, 2.24) is 14.5 Å². The zero-order valence-electron chi connectivity index (χ0n) is 18.1. The Labute approximate surface area is 186 Å². The van der Waals surface area contributed by atoms with E-state index in [1.807, 2.05) is 79.5 Å². The summed E-state index contributed by atoms with van der Waals surface area (Å²) in [6, 6.07) is 20.1. The minimum Gasteiger partial charge on any atom is -0.348 e. The normalized spacial score (nSPS) is 10.8. The number of rotatable bonds is 6. The van der Waals surface area contributed by atoms with E-state index in [-0.39, 0.29) is 11.7 Å². The first-order valence-corrected chi connectivity index (χ1v) is 10.4. The summed E-state index contributed by atoms with van der Waals surface area (Å²) in [4.78, 5) is 13.0. The Balaban J connectivity index is 1.70. The minimum absolute atomic E-state index is 0.180. The van der Waals surface area contributed by atoms with Crippen LogP contribution in [0.1, 0.15) is 27.0 Å².